The van der Waals surface area contributed by atoms with Gasteiger partial charge in [-0.3, -0.25) is 0 Å². The van der Waals surface area contributed by atoms with Crippen LogP contribution in [0.4, 0.5) is 11.4 Å². The highest BCUT2D eigenvalue weighted by Crippen LogP contribution is 2.25. The fraction of sp³-hybridized carbons (Fsp3) is 0.0370. The molecular weight excluding hydrogens is 368 g/mol. The fourth-order valence-corrected chi connectivity index (χ4v) is 3.19. The minimum atomic E-state index is 0.754. The standard InChI is InChI=1S/C27H22N2O/c1-30-25-20-12-11-19-24(25)27(29-23-17-9-4-10-18-23)26(21-13-5-2-6-14-21)28-22-15-7-3-8-16-22/h2-20H,1H3. The Morgan fingerprint density at radius 1 is 0.533 bits per heavy atom. The van der Waals surface area contributed by atoms with Crippen LogP contribution in [0, 0.1) is 0 Å². The average Bonchev–Trinajstić information content (AvgIpc) is 2.83. The highest BCUT2D eigenvalue weighted by atomic mass is 16.5. The SMILES string of the molecule is COc1ccccc1C(=Nc1ccccc1)C(=Nc1ccccc1)c1ccccc1. The van der Waals surface area contributed by atoms with Crippen molar-refractivity contribution in [1.29, 1.82) is 0 Å². The second-order valence-corrected chi connectivity index (χ2v) is 6.66. The molecule has 0 atom stereocenters. The summed E-state index contributed by atoms with van der Waals surface area (Å²) in [5, 5.41) is 0. The van der Waals surface area contributed by atoms with Crippen LogP contribution in [0.15, 0.2) is 125 Å². The van der Waals surface area contributed by atoms with Crippen LogP contribution >= 0.6 is 0 Å². The van der Waals surface area contributed by atoms with Gasteiger partial charge >= 0.3 is 0 Å². The summed E-state index contributed by atoms with van der Waals surface area (Å²) in [6.45, 7) is 0. The summed E-state index contributed by atoms with van der Waals surface area (Å²) in [7, 11) is 1.68. The number of rotatable bonds is 6. The van der Waals surface area contributed by atoms with Gasteiger partial charge in [-0.25, -0.2) is 9.98 Å². The van der Waals surface area contributed by atoms with Gasteiger partial charge in [-0.1, -0.05) is 78.9 Å². The monoisotopic (exact) mass is 390 g/mol. The first kappa shape index (κ1) is 19.3. The van der Waals surface area contributed by atoms with Crippen molar-refractivity contribution in [2.75, 3.05) is 7.11 Å². The third-order valence-electron chi connectivity index (χ3n) is 4.63. The van der Waals surface area contributed by atoms with Gasteiger partial charge < -0.3 is 4.74 Å². The number of hydrogen-bond acceptors (Lipinski definition) is 3. The largest absolute Gasteiger partial charge is 0.496 e. The maximum absolute atomic E-state index is 5.66. The second kappa shape index (κ2) is 9.48. The van der Waals surface area contributed by atoms with Crippen molar-refractivity contribution in [3.63, 3.8) is 0 Å². The molecule has 4 rings (SSSR count). The normalized spacial score (nSPS) is 11.9. The van der Waals surface area contributed by atoms with E-state index in [0.29, 0.717) is 0 Å². The Kier molecular flexibility index (Phi) is 6.11. The number of aliphatic imine (C=N–C) groups is 2. The van der Waals surface area contributed by atoms with Gasteiger partial charge in [-0.15, -0.1) is 0 Å². The highest BCUT2D eigenvalue weighted by Gasteiger charge is 2.18. The minimum Gasteiger partial charge on any atom is -0.496 e. The topological polar surface area (TPSA) is 34.0 Å². The summed E-state index contributed by atoms with van der Waals surface area (Å²) in [5.74, 6) is 0.754. The Labute approximate surface area is 177 Å². The van der Waals surface area contributed by atoms with E-state index in [1.807, 2.05) is 103 Å². The molecule has 0 N–H and O–H groups in total. The molecule has 3 nitrogen and oxygen atoms in total. The zero-order valence-corrected chi connectivity index (χ0v) is 16.8. The van der Waals surface area contributed by atoms with Crippen molar-refractivity contribution in [1.82, 2.24) is 0 Å². The number of nitrogens with zero attached hydrogens (tertiary/aromatic N) is 2. The van der Waals surface area contributed by atoms with Gasteiger partial charge in [0.05, 0.1) is 24.2 Å². The first-order valence-corrected chi connectivity index (χ1v) is 9.82. The molecule has 0 aromatic heterocycles. The molecular formula is C27H22N2O. The zero-order chi connectivity index (χ0) is 20.6. The number of methoxy groups -OCH3 is 1. The van der Waals surface area contributed by atoms with Crippen LogP contribution in [0.3, 0.4) is 0 Å². The Morgan fingerprint density at radius 2 is 1.00 bits per heavy atom. The molecule has 0 radical (unpaired) electrons. The summed E-state index contributed by atoms with van der Waals surface area (Å²) in [4.78, 5) is 10.0. The molecule has 0 saturated carbocycles. The van der Waals surface area contributed by atoms with Crippen LogP contribution in [0.2, 0.25) is 0 Å². The molecule has 30 heavy (non-hydrogen) atoms. The van der Waals surface area contributed by atoms with E-state index >= 15 is 0 Å². The maximum atomic E-state index is 5.66. The molecule has 0 heterocycles. The van der Waals surface area contributed by atoms with Crippen LogP contribution in [0.25, 0.3) is 0 Å². The van der Waals surface area contributed by atoms with E-state index in [9.17, 15) is 0 Å². The molecule has 0 unspecified atom stereocenters. The lowest BCUT2D eigenvalue weighted by Gasteiger charge is -2.15. The van der Waals surface area contributed by atoms with Crippen molar-refractivity contribution in [3.8, 4) is 5.75 Å². The molecule has 0 amide bonds. The molecule has 146 valence electrons. The summed E-state index contributed by atoms with van der Waals surface area (Å²) >= 11 is 0. The van der Waals surface area contributed by atoms with E-state index < -0.39 is 0 Å². The average molecular weight is 390 g/mol. The molecule has 4 aromatic carbocycles. The molecule has 0 bridgehead atoms. The zero-order valence-electron chi connectivity index (χ0n) is 16.8. The molecule has 0 spiro atoms. The first-order valence-electron chi connectivity index (χ1n) is 9.82. The quantitative estimate of drug-likeness (QED) is 0.340. The van der Waals surface area contributed by atoms with E-state index in [1.54, 1.807) is 7.11 Å². The van der Waals surface area contributed by atoms with E-state index in [0.717, 1.165) is 39.7 Å². The van der Waals surface area contributed by atoms with Gasteiger partial charge in [0.1, 0.15) is 11.5 Å². The predicted octanol–water partition coefficient (Wildman–Crippen LogP) is 6.64. The third kappa shape index (κ3) is 4.53. The Hall–Kier alpha value is -3.98. The molecule has 3 heteroatoms. The number of benzene rings is 4. The second-order valence-electron chi connectivity index (χ2n) is 6.66. The van der Waals surface area contributed by atoms with Crippen LogP contribution in [0.1, 0.15) is 11.1 Å². The summed E-state index contributed by atoms with van der Waals surface area (Å²) in [5.41, 5.74) is 5.15. The van der Waals surface area contributed by atoms with E-state index in [2.05, 4.69) is 12.1 Å². The van der Waals surface area contributed by atoms with Crippen molar-refractivity contribution >= 4 is 22.8 Å². The smallest absolute Gasteiger partial charge is 0.128 e. The Morgan fingerprint density at radius 3 is 1.57 bits per heavy atom. The number of ether oxygens (including phenoxy) is 1. The molecule has 0 aliphatic carbocycles. The molecule has 0 fully saturated rings. The summed E-state index contributed by atoms with van der Waals surface area (Å²) < 4.78 is 5.66. The third-order valence-corrected chi connectivity index (χ3v) is 4.63. The van der Waals surface area contributed by atoms with Gasteiger partial charge in [0.25, 0.3) is 0 Å². The van der Waals surface area contributed by atoms with Crippen LogP contribution < -0.4 is 4.74 Å². The molecule has 0 aliphatic rings. The minimum absolute atomic E-state index is 0.754. The van der Waals surface area contributed by atoms with Gasteiger partial charge in [0, 0.05) is 11.1 Å². The van der Waals surface area contributed by atoms with E-state index in [1.165, 1.54) is 0 Å². The lowest BCUT2D eigenvalue weighted by atomic mass is 9.98. The molecule has 4 aromatic rings. The van der Waals surface area contributed by atoms with E-state index in [-0.39, 0.29) is 0 Å². The highest BCUT2D eigenvalue weighted by molar-refractivity contribution is 6.54. The van der Waals surface area contributed by atoms with Crippen LogP contribution in [-0.2, 0) is 0 Å². The van der Waals surface area contributed by atoms with Gasteiger partial charge in [0.15, 0.2) is 0 Å². The van der Waals surface area contributed by atoms with Gasteiger partial charge in [-0.05, 0) is 36.4 Å². The lowest BCUT2D eigenvalue weighted by Crippen LogP contribution is -2.18. The predicted molar refractivity (Wildman–Crippen MR) is 125 cm³/mol. The van der Waals surface area contributed by atoms with Crippen molar-refractivity contribution in [2.24, 2.45) is 9.98 Å². The number of para-hydroxylation sites is 3. The lowest BCUT2D eigenvalue weighted by molar-refractivity contribution is 0.414. The maximum Gasteiger partial charge on any atom is 0.128 e. The van der Waals surface area contributed by atoms with Crippen LogP contribution in [-0.4, -0.2) is 18.5 Å². The van der Waals surface area contributed by atoms with Crippen LogP contribution in [0.5, 0.6) is 5.75 Å². The Bertz CT molecular complexity index is 1150. The molecule has 0 saturated heterocycles. The van der Waals surface area contributed by atoms with Gasteiger partial charge in [-0.2, -0.15) is 0 Å². The Balaban J connectivity index is 1.99. The van der Waals surface area contributed by atoms with Crippen molar-refractivity contribution in [3.05, 3.63) is 126 Å². The first-order chi connectivity index (χ1) is 14.8. The summed E-state index contributed by atoms with van der Waals surface area (Å²) in [6.07, 6.45) is 0. The summed E-state index contributed by atoms with van der Waals surface area (Å²) in [6, 6.07) is 37.9. The number of hydrogen-bond donors (Lipinski definition) is 0. The van der Waals surface area contributed by atoms with Crippen molar-refractivity contribution < 1.29 is 4.74 Å². The van der Waals surface area contributed by atoms with E-state index in [4.69, 9.17) is 14.7 Å². The molecule has 0 aliphatic heterocycles. The van der Waals surface area contributed by atoms with Crippen molar-refractivity contribution in [2.45, 2.75) is 0 Å². The van der Waals surface area contributed by atoms with Gasteiger partial charge in [0.2, 0.25) is 0 Å². The fourth-order valence-electron chi connectivity index (χ4n) is 3.19.